The van der Waals surface area contributed by atoms with Gasteiger partial charge in [0.1, 0.15) is 35.7 Å². The molecule has 8 rings (SSSR count). The molecule has 3 aliphatic carbocycles. The van der Waals surface area contributed by atoms with Gasteiger partial charge in [-0.2, -0.15) is 5.26 Å². The van der Waals surface area contributed by atoms with Crippen LogP contribution in [0.5, 0.6) is 17.2 Å². The molecule has 0 aromatic heterocycles. The fourth-order valence-corrected chi connectivity index (χ4v) is 9.42. The van der Waals surface area contributed by atoms with E-state index in [0.29, 0.717) is 70.9 Å². The number of ketones is 1. The maximum absolute atomic E-state index is 11.8. The molecular formula is C47H49ClN4O4. The molecule has 1 saturated heterocycles. The number of hydrogen-bond donors (Lipinski definition) is 1. The van der Waals surface area contributed by atoms with E-state index in [0.717, 1.165) is 66.8 Å². The van der Waals surface area contributed by atoms with Gasteiger partial charge >= 0.3 is 0 Å². The second-order valence-electron chi connectivity index (χ2n) is 16.3. The lowest BCUT2D eigenvalue weighted by Gasteiger charge is -2.56. The normalized spacial score (nSPS) is 19.5. The summed E-state index contributed by atoms with van der Waals surface area (Å²) in [5.74, 6) is 2.75. The summed E-state index contributed by atoms with van der Waals surface area (Å²) in [5, 5.41) is 13.5. The van der Waals surface area contributed by atoms with Crippen molar-refractivity contribution in [3.8, 4) is 34.4 Å². The smallest absolute Gasteiger partial charge is 0.188 e. The van der Waals surface area contributed by atoms with Crippen molar-refractivity contribution in [2.45, 2.75) is 84.0 Å². The van der Waals surface area contributed by atoms with Gasteiger partial charge in [-0.25, -0.2) is 4.85 Å². The molecule has 1 heterocycles. The van der Waals surface area contributed by atoms with E-state index in [1.165, 1.54) is 49.0 Å². The molecule has 0 amide bonds. The van der Waals surface area contributed by atoms with Gasteiger partial charge < -0.3 is 24.4 Å². The summed E-state index contributed by atoms with van der Waals surface area (Å²) in [6, 6.07) is 23.8. The van der Waals surface area contributed by atoms with E-state index < -0.39 is 0 Å². The van der Waals surface area contributed by atoms with Crippen LogP contribution in [0.15, 0.2) is 66.7 Å². The Hall–Kier alpha value is -4.86. The highest BCUT2D eigenvalue weighted by Crippen LogP contribution is 2.48. The second-order valence-corrected chi connectivity index (χ2v) is 16.7. The first-order valence-electron chi connectivity index (χ1n) is 20.1. The van der Waals surface area contributed by atoms with Gasteiger partial charge in [-0.05, 0) is 127 Å². The standard InChI is InChI=1S/C47H49ClN4O4/c1-31-38(7-4-10-43(31)54-18-6-17-52-29-47(30-52)15-5-16-47)39-8-3-9-41-40(39)13-14-44(41)56-46-24-45(55-28-34-19-33(25-49)20-36(21-34)50-2)35(23-42(46)48)27-51-26-32-11-12-37(53)22-32/h3-4,7-10,19-21,23-24,32,44,51H,5-6,11-18,22,26-30H2,1H3/t32-,44+/m1/s1. The predicted molar refractivity (Wildman–Crippen MR) is 218 cm³/mol. The number of Topliss-reactive ketones (excluding diaryl/α,β-unsaturated/α-hetero) is 1. The third-order valence-corrected chi connectivity index (χ3v) is 12.6. The zero-order chi connectivity index (χ0) is 38.6. The van der Waals surface area contributed by atoms with Gasteiger partial charge in [0.05, 0.1) is 24.3 Å². The van der Waals surface area contributed by atoms with Crippen LogP contribution in [-0.4, -0.2) is 43.5 Å². The molecule has 56 heavy (non-hydrogen) atoms. The van der Waals surface area contributed by atoms with Crippen molar-refractivity contribution in [1.29, 1.82) is 5.26 Å². The third-order valence-electron chi connectivity index (χ3n) is 12.3. The van der Waals surface area contributed by atoms with Gasteiger partial charge in [-0.1, -0.05) is 48.4 Å². The van der Waals surface area contributed by atoms with E-state index in [1.807, 2.05) is 12.1 Å². The molecule has 0 radical (unpaired) electrons. The Balaban J connectivity index is 0.971. The summed E-state index contributed by atoms with van der Waals surface area (Å²) >= 11 is 6.96. The van der Waals surface area contributed by atoms with Crippen molar-refractivity contribution in [2.24, 2.45) is 11.3 Å². The first-order chi connectivity index (χ1) is 27.3. The molecule has 8 nitrogen and oxygen atoms in total. The third kappa shape index (κ3) is 8.30. The largest absolute Gasteiger partial charge is 0.493 e. The molecular weight excluding hydrogens is 720 g/mol. The molecule has 1 spiro atoms. The Kier molecular flexibility index (Phi) is 11.3. The number of carbonyl (C=O) groups excluding carboxylic acids is 1. The van der Waals surface area contributed by atoms with Gasteiger partial charge in [-0.15, -0.1) is 0 Å². The molecule has 288 valence electrons. The monoisotopic (exact) mass is 768 g/mol. The quantitative estimate of drug-likeness (QED) is 0.0952. The number of hydrogen-bond acceptors (Lipinski definition) is 7. The lowest BCUT2D eigenvalue weighted by Crippen LogP contribution is -2.59. The van der Waals surface area contributed by atoms with Crippen LogP contribution in [-0.2, 0) is 24.4 Å². The number of benzene rings is 4. The molecule has 2 atom stereocenters. The molecule has 2 saturated carbocycles. The first kappa shape index (κ1) is 38.0. The first-order valence-corrected chi connectivity index (χ1v) is 20.5. The Morgan fingerprint density at radius 3 is 2.61 bits per heavy atom. The molecule has 4 aromatic carbocycles. The number of halogens is 1. The lowest BCUT2D eigenvalue weighted by molar-refractivity contribution is -0.117. The summed E-state index contributed by atoms with van der Waals surface area (Å²) in [7, 11) is 0. The zero-order valence-electron chi connectivity index (χ0n) is 32.2. The number of likely N-dealkylation sites (tertiary alicyclic amines) is 1. The van der Waals surface area contributed by atoms with Crippen molar-refractivity contribution < 1.29 is 19.0 Å². The number of fused-ring (bicyclic) bond motifs is 1. The minimum atomic E-state index is -0.187. The fourth-order valence-electron chi connectivity index (χ4n) is 9.19. The maximum atomic E-state index is 11.8. The Morgan fingerprint density at radius 2 is 1.84 bits per heavy atom. The van der Waals surface area contributed by atoms with Crippen LogP contribution >= 0.6 is 11.6 Å². The number of carbonyl (C=O) groups is 1. The van der Waals surface area contributed by atoms with Gasteiger partial charge in [-0.3, -0.25) is 4.79 Å². The van der Waals surface area contributed by atoms with Crippen LogP contribution < -0.4 is 19.5 Å². The highest BCUT2D eigenvalue weighted by Gasteiger charge is 2.46. The number of rotatable bonds is 15. The molecule has 0 unspecified atom stereocenters. The Bertz CT molecular complexity index is 2160. The second kappa shape index (κ2) is 16.7. The topological polar surface area (TPSA) is 88.2 Å². The van der Waals surface area contributed by atoms with Gasteiger partial charge in [0.2, 0.25) is 0 Å². The molecule has 0 bridgehead atoms. The molecule has 1 aliphatic heterocycles. The van der Waals surface area contributed by atoms with Crippen LogP contribution in [0.2, 0.25) is 5.02 Å². The van der Waals surface area contributed by atoms with Gasteiger partial charge in [0, 0.05) is 56.2 Å². The summed E-state index contributed by atoms with van der Waals surface area (Å²) in [6.07, 6.45) is 8.95. The van der Waals surface area contributed by atoms with Crippen LogP contribution in [0.25, 0.3) is 16.0 Å². The average Bonchev–Trinajstić information content (AvgIpc) is 3.79. The average molecular weight is 769 g/mol. The van der Waals surface area contributed by atoms with E-state index >= 15 is 0 Å². The highest BCUT2D eigenvalue weighted by molar-refractivity contribution is 6.32. The Morgan fingerprint density at radius 1 is 1.00 bits per heavy atom. The van der Waals surface area contributed by atoms with E-state index in [9.17, 15) is 10.1 Å². The molecule has 1 N–H and O–H groups in total. The van der Waals surface area contributed by atoms with Crippen molar-refractivity contribution in [3.63, 3.8) is 0 Å². The van der Waals surface area contributed by atoms with Crippen LogP contribution in [0.4, 0.5) is 5.69 Å². The minimum Gasteiger partial charge on any atom is -0.493 e. The highest BCUT2D eigenvalue weighted by atomic mass is 35.5. The van der Waals surface area contributed by atoms with Crippen LogP contribution in [0, 0.1) is 36.2 Å². The summed E-state index contributed by atoms with van der Waals surface area (Å²) in [5.41, 5.74) is 9.05. The molecule has 9 heteroatoms. The fraction of sp³-hybridized carbons (Fsp3) is 0.426. The number of nitrogens with zero attached hydrogens (tertiary/aromatic N) is 3. The zero-order valence-corrected chi connectivity index (χ0v) is 32.9. The summed E-state index contributed by atoms with van der Waals surface area (Å²) < 4.78 is 19.5. The number of ether oxygens (including phenoxy) is 3. The van der Waals surface area contributed by atoms with E-state index in [2.05, 4.69) is 64.5 Å². The van der Waals surface area contributed by atoms with Crippen molar-refractivity contribution in [2.75, 3.05) is 32.8 Å². The van der Waals surface area contributed by atoms with Gasteiger partial charge in [0.25, 0.3) is 0 Å². The molecule has 3 fully saturated rings. The van der Waals surface area contributed by atoms with E-state index in [4.69, 9.17) is 32.4 Å². The SMILES string of the molecule is [C-]#[N+]c1cc(C#N)cc(COc2cc(O[C@H]3CCc4c(-c5cccc(OCCCN6CC7(CCC7)C6)c5C)cccc43)c(Cl)cc2CNC[C@@H]2CCC(=O)C2)c1. The van der Waals surface area contributed by atoms with Crippen molar-refractivity contribution in [1.82, 2.24) is 10.2 Å². The van der Waals surface area contributed by atoms with Crippen molar-refractivity contribution in [3.05, 3.63) is 117 Å². The van der Waals surface area contributed by atoms with E-state index in [-0.39, 0.29) is 12.7 Å². The molecule has 4 aliphatic rings. The van der Waals surface area contributed by atoms with Crippen LogP contribution in [0.3, 0.4) is 0 Å². The number of nitriles is 1. The molecule has 4 aromatic rings. The predicted octanol–water partition coefficient (Wildman–Crippen LogP) is 10.1. The Labute approximate surface area is 335 Å². The van der Waals surface area contributed by atoms with E-state index in [1.54, 1.807) is 18.2 Å². The van der Waals surface area contributed by atoms with Crippen molar-refractivity contribution >= 4 is 23.1 Å². The summed E-state index contributed by atoms with van der Waals surface area (Å²) in [6.45, 7) is 15.4. The van der Waals surface area contributed by atoms with Gasteiger partial charge in [0.15, 0.2) is 5.69 Å². The van der Waals surface area contributed by atoms with Crippen LogP contribution in [0.1, 0.15) is 90.9 Å². The lowest BCUT2D eigenvalue weighted by atomic mass is 9.63. The minimum absolute atomic E-state index is 0.167. The summed E-state index contributed by atoms with van der Waals surface area (Å²) in [4.78, 5) is 18.0. The maximum Gasteiger partial charge on any atom is 0.188 e. The number of nitrogens with one attached hydrogen (secondary N) is 1.